The Kier molecular flexibility index (Phi) is 11.0. The molecule has 9 nitrogen and oxygen atoms in total. The smallest absolute Gasteiger partial charge is 0.243 e. The van der Waals surface area contributed by atoms with Gasteiger partial charge in [0, 0.05) is 38.4 Å². The van der Waals surface area contributed by atoms with Crippen LogP contribution in [0, 0.1) is 0 Å². The van der Waals surface area contributed by atoms with Crippen molar-refractivity contribution < 1.29 is 22.7 Å². The molecule has 43 heavy (non-hydrogen) atoms. The Labute approximate surface area is 253 Å². The maximum Gasteiger partial charge on any atom is 0.243 e. The van der Waals surface area contributed by atoms with Gasteiger partial charge in [-0.15, -0.1) is 0 Å². The normalized spacial score (nSPS) is 12.0. The molecule has 4 rings (SSSR count). The number of methoxy groups -OCH3 is 1. The molecular weight excluding hydrogens is 564 g/mol. The minimum Gasteiger partial charge on any atom is -0.497 e. The molecule has 0 radical (unpaired) electrons. The molecule has 0 aliphatic rings. The highest BCUT2D eigenvalue weighted by Crippen LogP contribution is 2.19. The maximum absolute atomic E-state index is 14.1. The maximum atomic E-state index is 14.1. The van der Waals surface area contributed by atoms with Crippen molar-refractivity contribution in [3.8, 4) is 5.75 Å². The summed E-state index contributed by atoms with van der Waals surface area (Å²) in [6.45, 7) is -0.0843. The molecule has 0 unspecified atom stereocenters. The lowest BCUT2D eigenvalue weighted by Crippen LogP contribution is -2.53. The van der Waals surface area contributed by atoms with Crippen LogP contribution in [-0.4, -0.2) is 60.4 Å². The van der Waals surface area contributed by atoms with Crippen LogP contribution in [0.1, 0.15) is 22.3 Å². The van der Waals surface area contributed by atoms with Crippen molar-refractivity contribution in [2.75, 3.05) is 19.9 Å². The van der Waals surface area contributed by atoms with E-state index >= 15 is 0 Å². The molecule has 224 valence electrons. The first-order valence-electron chi connectivity index (χ1n) is 13.8. The molecular formula is C33H36N4O5S. The highest BCUT2D eigenvalue weighted by molar-refractivity contribution is 7.88. The second-order valence-electron chi connectivity index (χ2n) is 10.2. The largest absolute Gasteiger partial charge is 0.497 e. The topological polar surface area (TPSA) is 109 Å². The zero-order valence-electron chi connectivity index (χ0n) is 24.3. The average molecular weight is 601 g/mol. The van der Waals surface area contributed by atoms with Crippen LogP contribution < -0.4 is 10.1 Å². The fraction of sp³-hybridized carbons (Fsp3) is 0.242. The molecule has 0 spiro atoms. The van der Waals surface area contributed by atoms with Crippen LogP contribution in [0.5, 0.6) is 5.75 Å². The van der Waals surface area contributed by atoms with Gasteiger partial charge in [-0.25, -0.2) is 8.42 Å². The summed E-state index contributed by atoms with van der Waals surface area (Å²) in [6, 6.07) is 28.4. The predicted molar refractivity (Wildman–Crippen MR) is 165 cm³/mol. The third-order valence-corrected chi connectivity index (χ3v) is 8.15. The van der Waals surface area contributed by atoms with Gasteiger partial charge in [-0.05, 0) is 40.5 Å². The minimum absolute atomic E-state index is 0.0261. The van der Waals surface area contributed by atoms with Crippen molar-refractivity contribution in [2.45, 2.75) is 32.1 Å². The molecule has 0 fully saturated rings. The molecule has 4 aromatic rings. The van der Waals surface area contributed by atoms with Gasteiger partial charge in [0.2, 0.25) is 21.8 Å². The molecule has 0 saturated heterocycles. The van der Waals surface area contributed by atoms with E-state index in [4.69, 9.17) is 4.74 Å². The van der Waals surface area contributed by atoms with Gasteiger partial charge in [-0.3, -0.25) is 14.6 Å². The van der Waals surface area contributed by atoms with Crippen LogP contribution in [0.25, 0.3) is 0 Å². The molecule has 0 aliphatic heterocycles. The van der Waals surface area contributed by atoms with Crippen molar-refractivity contribution >= 4 is 21.8 Å². The van der Waals surface area contributed by atoms with E-state index in [0.29, 0.717) is 5.75 Å². The van der Waals surface area contributed by atoms with Crippen LogP contribution in [0.4, 0.5) is 0 Å². The number of ether oxygens (including phenoxy) is 1. The van der Waals surface area contributed by atoms with Crippen LogP contribution in [0.2, 0.25) is 0 Å². The third-order valence-electron chi connectivity index (χ3n) is 6.95. The Hall–Kier alpha value is -4.54. The van der Waals surface area contributed by atoms with Gasteiger partial charge >= 0.3 is 0 Å². The highest BCUT2D eigenvalue weighted by atomic mass is 32.2. The van der Waals surface area contributed by atoms with Gasteiger partial charge in [0.15, 0.2) is 0 Å². The van der Waals surface area contributed by atoms with E-state index < -0.39 is 28.5 Å². The molecule has 1 atom stereocenters. The number of carbonyl (C=O) groups is 2. The number of nitrogens with one attached hydrogen (secondary N) is 1. The number of sulfonamides is 1. The first kappa shape index (κ1) is 31.4. The van der Waals surface area contributed by atoms with Gasteiger partial charge in [-0.2, -0.15) is 4.31 Å². The number of amides is 2. The summed E-state index contributed by atoms with van der Waals surface area (Å²) in [5.74, 6) is -0.194. The zero-order chi connectivity index (χ0) is 30.7. The number of hydrogen-bond donors (Lipinski definition) is 1. The highest BCUT2D eigenvalue weighted by Gasteiger charge is 2.33. The molecule has 10 heteroatoms. The van der Waals surface area contributed by atoms with E-state index in [1.165, 1.54) is 4.90 Å². The Morgan fingerprint density at radius 1 is 0.814 bits per heavy atom. The summed E-state index contributed by atoms with van der Waals surface area (Å²) >= 11 is 0. The van der Waals surface area contributed by atoms with Crippen LogP contribution >= 0.6 is 0 Å². The van der Waals surface area contributed by atoms with Crippen molar-refractivity contribution in [1.82, 2.24) is 19.5 Å². The Bertz CT molecular complexity index is 1570. The van der Waals surface area contributed by atoms with E-state index in [2.05, 4.69) is 10.3 Å². The molecule has 0 saturated carbocycles. The van der Waals surface area contributed by atoms with Crippen molar-refractivity contribution in [3.63, 3.8) is 0 Å². The van der Waals surface area contributed by atoms with Crippen molar-refractivity contribution in [1.29, 1.82) is 0 Å². The number of benzene rings is 3. The first-order chi connectivity index (χ1) is 20.7. The Morgan fingerprint density at radius 3 is 2.00 bits per heavy atom. The van der Waals surface area contributed by atoms with Gasteiger partial charge in [0.25, 0.3) is 0 Å². The predicted octanol–water partition coefficient (Wildman–Crippen LogP) is 3.81. The minimum atomic E-state index is -3.76. The molecule has 0 aliphatic carbocycles. The second-order valence-corrected chi connectivity index (χ2v) is 12.2. The standard InChI is InChI=1S/C33H36N4O5S/c1-42-30-17-15-28(16-18-30)24-37(32(38)25-36(43(2,40)41)23-27-12-7-4-8-13-27)31(20-26-10-5-3-6-11-26)33(39)35-22-29-14-9-19-34-21-29/h3-19,21,31H,20,22-25H2,1-2H3,(H,35,39)/t31-/m1/s1. The number of aromatic nitrogens is 1. The molecule has 1 heterocycles. The lowest BCUT2D eigenvalue weighted by molar-refractivity contribution is -0.141. The number of carbonyl (C=O) groups excluding carboxylic acids is 2. The molecule has 3 aromatic carbocycles. The van der Waals surface area contributed by atoms with E-state index in [1.54, 1.807) is 37.7 Å². The molecule has 1 N–H and O–H groups in total. The average Bonchev–Trinajstić information content (AvgIpc) is 3.02. The van der Waals surface area contributed by atoms with Gasteiger partial charge in [0.1, 0.15) is 11.8 Å². The summed E-state index contributed by atoms with van der Waals surface area (Å²) in [7, 11) is -2.19. The fourth-order valence-corrected chi connectivity index (χ4v) is 5.34. The van der Waals surface area contributed by atoms with Crippen molar-refractivity contribution in [3.05, 3.63) is 132 Å². The summed E-state index contributed by atoms with van der Waals surface area (Å²) in [5.41, 5.74) is 3.19. The number of hydrogen-bond acceptors (Lipinski definition) is 6. The Morgan fingerprint density at radius 2 is 1.42 bits per heavy atom. The van der Waals surface area contributed by atoms with Crippen molar-refractivity contribution in [2.24, 2.45) is 0 Å². The quantitative estimate of drug-likeness (QED) is 0.236. The SMILES string of the molecule is COc1ccc(CN(C(=O)CN(Cc2ccccc2)S(C)(=O)=O)[C@H](Cc2ccccc2)C(=O)NCc2cccnc2)cc1. The Balaban J connectivity index is 1.68. The van der Waals surface area contributed by atoms with Crippen LogP contribution in [0.15, 0.2) is 109 Å². The van der Waals surface area contributed by atoms with Crippen LogP contribution in [0.3, 0.4) is 0 Å². The van der Waals surface area contributed by atoms with E-state index in [-0.39, 0.29) is 32.0 Å². The number of rotatable bonds is 14. The summed E-state index contributed by atoms with van der Waals surface area (Å²) < 4.78 is 32.1. The lowest BCUT2D eigenvalue weighted by atomic mass is 10.0. The molecule has 0 bridgehead atoms. The number of pyridine rings is 1. The summed E-state index contributed by atoms with van der Waals surface area (Å²) in [6.07, 6.45) is 4.64. The third kappa shape index (κ3) is 9.49. The fourth-order valence-electron chi connectivity index (χ4n) is 4.61. The molecule has 1 aromatic heterocycles. The van der Waals surface area contributed by atoms with Gasteiger partial charge < -0.3 is 15.0 Å². The van der Waals surface area contributed by atoms with E-state index in [9.17, 15) is 18.0 Å². The monoisotopic (exact) mass is 600 g/mol. The summed E-state index contributed by atoms with van der Waals surface area (Å²) in [4.78, 5) is 33.6. The van der Waals surface area contributed by atoms with Gasteiger partial charge in [0.05, 0.1) is 19.9 Å². The lowest BCUT2D eigenvalue weighted by Gasteiger charge is -2.33. The number of nitrogens with zero attached hydrogens (tertiary/aromatic N) is 3. The first-order valence-corrected chi connectivity index (χ1v) is 15.7. The van der Waals surface area contributed by atoms with E-state index in [0.717, 1.165) is 32.8 Å². The zero-order valence-corrected chi connectivity index (χ0v) is 25.1. The second kappa shape index (κ2) is 15.1. The summed E-state index contributed by atoms with van der Waals surface area (Å²) in [5, 5.41) is 2.96. The van der Waals surface area contributed by atoms with Gasteiger partial charge in [-0.1, -0.05) is 78.9 Å². The van der Waals surface area contributed by atoms with Crippen LogP contribution in [-0.2, 0) is 45.7 Å². The van der Waals surface area contributed by atoms with E-state index in [1.807, 2.05) is 78.9 Å². The molecule has 2 amide bonds.